The number of piperazine rings is 1. The molecule has 0 bridgehead atoms. The van der Waals surface area contributed by atoms with Gasteiger partial charge in [-0.05, 0) is 19.2 Å². The monoisotopic (exact) mass is 286 g/mol. The minimum absolute atomic E-state index is 0.0588. The van der Waals surface area contributed by atoms with Crippen LogP contribution in [0.1, 0.15) is 5.82 Å². The number of hydrogen-bond acceptors (Lipinski definition) is 5. The summed E-state index contributed by atoms with van der Waals surface area (Å²) < 4.78 is 5.22. The maximum atomic E-state index is 12.2. The summed E-state index contributed by atoms with van der Waals surface area (Å²) in [4.78, 5) is 20.6. The molecule has 1 aromatic carbocycles. The van der Waals surface area contributed by atoms with E-state index in [2.05, 4.69) is 22.1 Å². The highest BCUT2D eigenvalue weighted by molar-refractivity contribution is 5.78. The zero-order valence-corrected chi connectivity index (χ0v) is 12.0. The van der Waals surface area contributed by atoms with Gasteiger partial charge in [0.15, 0.2) is 5.82 Å². The van der Waals surface area contributed by atoms with Crippen molar-refractivity contribution in [2.24, 2.45) is 0 Å². The first-order valence-corrected chi connectivity index (χ1v) is 7.07. The maximum absolute atomic E-state index is 12.2. The predicted octanol–water partition coefficient (Wildman–Crippen LogP) is 1.05. The molecular formula is C15H18N4O2. The summed E-state index contributed by atoms with van der Waals surface area (Å²) in [5.41, 5.74) is 0.864. The van der Waals surface area contributed by atoms with Crippen molar-refractivity contribution in [3.8, 4) is 11.5 Å². The second kappa shape index (κ2) is 6.05. The summed E-state index contributed by atoms with van der Waals surface area (Å²) in [6.45, 7) is 3.35. The van der Waals surface area contributed by atoms with Crippen molar-refractivity contribution in [2.75, 3.05) is 33.2 Å². The standard InChI is InChI=1S/C15H18N4O2/c1-18-7-9-19(10-8-18)14(20)11-13-16-15(21-17-13)12-5-3-2-4-6-12/h2-6H,7-11H2,1H3. The Morgan fingerprint density at radius 1 is 1.19 bits per heavy atom. The van der Waals surface area contributed by atoms with E-state index in [0.717, 1.165) is 31.7 Å². The average molecular weight is 286 g/mol. The number of carbonyl (C=O) groups excluding carboxylic acids is 1. The highest BCUT2D eigenvalue weighted by Gasteiger charge is 2.21. The van der Waals surface area contributed by atoms with E-state index in [1.54, 1.807) is 0 Å². The molecule has 21 heavy (non-hydrogen) atoms. The lowest BCUT2D eigenvalue weighted by atomic mass is 10.2. The molecule has 110 valence electrons. The molecule has 2 heterocycles. The van der Waals surface area contributed by atoms with E-state index in [0.29, 0.717) is 11.7 Å². The molecule has 1 saturated heterocycles. The largest absolute Gasteiger partial charge is 0.340 e. The van der Waals surface area contributed by atoms with Crippen molar-refractivity contribution in [2.45, 2.75) is 6.42 Å². The molecule has 1 amide bonds. The number of aromatic nitrogens is 2. The lowest BCUT2D eigenvalue weighted by Gasteiger charge is -2.32. The van der Waals surface area contributed by atoms with Gasteiger partial charge >= 0.3 is 0 Å². The Morgan fingerprint density at radius 3 is 2.62 bits per heavy atom. The molecule has 0 unspecified atom stereocenters. The molecule has 0 radical (unpaired) electrons. The minimum atomic E-state index is 0.0588. The van der Waals surface area contributed by atoms with Crippen LogP contribution in [0.3, 0.4) is 0 Å². The molecule has 0 N–H and O–H groups in total. The number of benzene rings is 1. The Bertz CT molecular complexity index is 603. The van der Waals surface area contributed by atoms with Crippen molar-refractivity contribution in [3.63, 3.8) is 0 Å². The van der Waals surface area contributed by atoms with Crippen molar-refractivity contribution in [1.29, 1.82) is 0 Å². The van der Waals surface area contributed by atoms with Crippen molar-refractivity contribution < 1.29 is 9.32 Å². The van der Waals surface area contributed by atoms with Gasteiger partial charge in [-0.1, -0.05) is 23.4 Å². The predicted molar refractivity (Wildman–Crippen MR) is 77.5 cm³/mol. The van der Waals surface area contributed by atoms with Gasteiger partial charge in [-0.25, -0.2) is 0 Å². The van der Waals surface area contributed by atoms with Crippen LogP contribution >= 0.6 is 0 Å². The van der Waals surface area contributed by atoms with Gasteiger partial charge in [0.05, 0.1) is 6.42 Å². The van der Waals surface area contributed by atoms with Crippen LogP contribution in [0, 0.1) is 0 Å². The van der Waals surface area contributed by atoms with Crippen molar-refractivity contribution in [3.05, 3.63) is 36.2 Å². The van der Waals surface area contributed by atoms with E-state index in [9.17, 15) is 4.79 Å². The van der Waals surface area contributed by atoms with Gasteiger partial charge in [-0.15, -0.1) is 0 Å². The third kappa shape index (κ3) is 3.28. The van der Waals surface area contributed by atoms with Crippen LogP contribution in [0.5, 0.6) is 0 Å². The van der Waals surface area contributed by atoms with E-state index in [4.69, 9.17) is 4.52 Å². The Balaban J connectivity index is 1.63. The fourth-order valence-corrected chi connectivity index (χ4v) is 2.33. The Hall–Kier alpha value is -2.21. The summed E-state index contributed by atoms with van der Waals surface area (Å²) in [6, 6.07) is 9.56. The number of amides is 1. The summed E-state index contributed by atoms with van der Waals surface area (Å²) in [5.74, 6) is 0.957. The molecule has 6 nitrogen and oxygen atoms in total. The van der Waals surface area contributed by atoms with Gasteiger partial charge in [0.1, 0.15) is 0 Å². The smallest absolute Gasteiger partial charge is 0.257 e. The lowest BCUT2D eigenvalue weighted by Crippen LogP contribution is -2.47. The Morgan fingerprint density at radius 2 is 1.90 bits per heavy atom. The molecule has 6 heteroatoms. The Kier molecular flexibility index (Phi) is 3.96. The maximum Gasteiger partial charge on any atom is 0.257 e. The molecule has 1 aliphatic heterocycles. The van der Waals surface area contributed by atoms with E-state index >= 15 is 0 Å². The van der Waals surface area contributed by atoms with Gasteiger partial charge in [-0.2, -0.15) is 4.98 Å². The quantitative estimate of drug-likeness (QED) is 0.844. The number of nitrogens with zero attached hydrogens (tertiary/aromatic N) is 4. The number of carbonyl (C=O) groups is 1. The molecule has 2 aromatic rings. The first-order chi connectivity index (χ1) is 10.2. The number of hydrogen-bond donors (Lipinski definition) is 0. The average Bonchev–Trinajstić information content (AvgIpc) is 2.97. The third-order valence-electron chi connectivity index (χ3n) is 3.65. The highest BCUT2D eigenvalue weighted by atomic mass is 16.5. The van der Waals surface area contributed by atoms with E-state index in [-0.39, 0.29) is 12.3 Å². The molecule has 1 aromatic heterocycles. The summed E-state index contributed by atoms with van der Waals surface area (Å²) in [5, 5.41) is 3.90. The van der Waals surface area contributed by atoms with Crippen molar-refractivity contribution >= 4 is 5.91 Å². The summed E-state index contributed by atoms with van der Waals surface area (Å²) >= 11 is 0. The number of likely N-dealkylation sites (N-methyl/N-ethyl adjacent to an activating group) is 1. The Labute approximate surface area is 123 Å². The van der Waals surface area contributed by atoms with E-state index < -0.39 is 0 Å². The molecule has 1 aliphatic rings. The van der Waals surface area contributed by atoms with Crippen LogP contribution in [0.25, 0.3) is 11.5 Å². The number of rotatable bonds is 3. The molecule has 0 aliphatic carbocycles. The van der Waals surface area contributed by atoms with E-state index in [1.807, 2.05) is 35.2 Å². The molecule has 0 atom stereocenters. The zero-order chi connectivity index (χ0) is 14.7. The van der Waals surface area contributed by atoms with E-state index in [1.165, 1.54) is 0 Å². The first-order valence-electron chi connectivity index (χ1n) is 7.07. The molecular weight excluding hydrogens is 268 g/mol. The summed E-state index contributed by atoms with van der Waals surface area (Å²) in [6.07, 6.45) is 0.194. The molecule has 0 spiro atoms. The fourth-order valence-electron chi connectivity index (χ4n) is 2.33. The summed E-state index contributed by atoms with van der Waals surface area (Å²) in [7, 11) is 2.06. The van der Waals surface area contributed by atoms with Crippen LogP contribution in [-0.4, -0.2) is 59.1 Å². The van der Waals surface area contributed by atoms with Crippen LogP contribution in [0.4, 0.5) is 0 Å². The zero-order valence-electron chi connectivity index (χ0n) is 12.0. The van der Waals surface area contributed by atoms with Gasteiger partial charge in [0.2, 0.25) is 5.91 Å². The second-order valence-electron chi connectivity index (χ2n) is 5.24. The normalized spacial score (nSPS) is 16.1. The molecule has 1 fully saturated rings. The van der Waals surface area contributed by atoms with Gasteiger partial charge in [0, 0.05) is 31.7 Å². The third-order valence-corrected chi connectivity index (χ3v) is 3.65. The fraction of sp³-hybridized carbons (Fsp3) is 0.400. The molecule has 3 rings (SSSR count). The molecule has 0 saturated carbocycles. The minimum Gasteiger partial charge on any atom is -0.340 e. The second-order valence-corrected chi connectivity index (χ2v) is 5.24. The van der Waals surface area contributed by atoms with Gasteiger partial charge in [-0.3, -0.25) is 4.79 Å². The van der Waals surface area contributed by atoms with Crippen LogP contribution in [-0.2, 0) is 11.2 Å². The first kappa shape index (κ1) is 13.8. The van der Waals surface area contributed by atoms with Crippen LogP contribution in [0.2, 0.25) is 0 Å². The van der Waals surface area contributed by atoms with Gasteiger partial charge in [0.25, 0.3) is 5.89 Å². The van der Waals surface area contributed by atoms with Gasteiger partial charge < -0.3 is 14.3 Å². The van der Waals surface area contributed by atoms with Crippen LogP contribution < -0.4 is 0 Å². The highest BCUT2D eigenvalue weighted by Crippen LogP contribution is 2.16. The SMILES string of the molecule is CN1CCN(C(=O)Cc2noc(-c3ccccc3)n2)CC1. The lowest BCUT2D eigenvalue weighted by molar-refractivity contribution is -0.132. The topological polar surface area (TPSA) is 62.5 Å². The van der Waals surface area contributed by atoms with Crippen molar-refractivity contribution in [1.82, 2.24) is 19.9 Å². The van der Waals surface area contributed by atoms with Crippen LogP contribution in [0.15, 0.2) is 34.9 Å².